The van der Waals surface area contributed by atoms with Crippen molar-refractivity contribution in [3.63, 3.8) is 0 Å². The SMILES string of the molecule is O=C(N[C@H]1CC[C@H](CCN2CCc3[nH]ncc3C2)CC1)c1cccc2ncccc12. The summed E-state index contributed by atoms with van der Waals surface area (Å²) in [6.07, 6.45) is 10.6. The first-order valence-electron chi connectivity index (χ1n) is 11.1. The Balaban J connectivity index is 1.10. The highest BCUT2D eigenvalue weighted by Crippen LogP contribution is 2.28. The Morgan fingerprint density at radius 2 is 2.07 bits per heavy atom. The highest BCUT2D eigenvalue weighted by atomic mass is 16.1. The van der Waals surface area contributed by atoms with Gasteiger partial charge in [-0.25, -0.2) is 0 Å². The fraction of sp³-hybridized carbons (Fsp3) is 0.458. The molecule has 0 atom stereocenters. The second-order valence-corrected chi connectivity index (χ2v) is 8.76. The van der Waals surface area contributed by atoms with E-state index in [1.54, 1.807) is 6.20 Å². The zero-order chi connectivity index (χ0) is 20.3. The maximum atomic E-state index is 12.9. The van der Waals surface area contributed by atoms with Crippen molar-refractivity contribution in [1.82, 2.24) is 25.4 Å². The van der Waals surface area contributed by atoms with Gasteiger partial charge in [0, 0.05) is 54.0 Å². The van der Waals surface area contributed by atoms with Crippen molar-refractivity contribution in [2.24, 2.45) is 5.92 Å². The van der Waals surface area contributed by atoms with Crippen molar-refractivity contribution in [1.29, 1.82) is 0 Å². The van der Waals surface area contributed by atoms with E-state index in [-0.39, 0.29) is 11.9 Å². The van der Waals surface area contributed by atoms with Crippen LogP contribution in [0.1, 0.15) is 53.7 Å². The molecule has 1 aliphatic heterocycles. The molecule has 5 rings (SSSR count). The lowest BCUT2D eigenvalue weighted by molar-refractivity contribution is 0.0921. The van der Waals surface area contributed by atoms with Crippen LogP contribution in [0.2, 0.25) is 0 Å². The summed E-state index contributed by atoms with van der Waals surface area (Å²) in [5.41, 5.74) is 4.27. The zero-order valence-electron chi connectivity index (χ0n) is 17.3. The molecule has 0 radical (unpaired) electrons. The molecule has 0 saturated heterocycles. The van der Waals surface area contributed by atoms with E-state index in [0.29, 0.717) is 0 Å². The van der Waals surface area contributed by atoms with Crippen LogP contribution in [-0.2, 0) is 13.0 Å². The molecule has 1 aliphatic carbocycles. The number of nitrogens with zero attached hydrogens (tertiary/aromatic N) is 3. The molecular formula is C24H29N5O. The number of fused-ring (bicyclic) bond motifs is 2. The lowest BCUT2D eigenvalue weighted by Crippen LogP contribution is -2.38. The lowest BCUT2D eigenvalue weighted by atomic mass is 9.83. The molecule has 2 N–H and O–H groups in total. The maximum Gasteiger partial charge on any atom is 0.252 e. The van der Waals surface area contributed by atoms with Crippen LogP contribution in [0.25, 0.3) is 10.9 Å². The van der Waals surface area contributed by atoms with Crippen LogP contribution in [-0.4, -0.2) is 45.1 Å². The van der Waals surface area contributed by atoms with Gasteiger partial charge in [0.2, 0.25) is 0 Å². The Hall–Kier alpha value is -2.73. The van der Waals surface area contributed by atoms with Gasteiger partial charge in [0.25, 0.3) is 5.91 Å². The molecule has 0 spiro atoms. The molecule has 3 aromatic rings. The molecule has 30 heavy (non-hydrogen) atoms. The van der Waals surface area contributed by atoms with Crippen LogP contribution in [0.5, 0.6) is 0 Å². The summed E-state index contributed by atoms with van der Waals surface area (Å²) in [4.78, 5) is 19.8. The van der Waals surface area contributed by atoms with Crippen LogP contribution in [0.15, 0.2) is 42.7 Å². The molecule has 1 aromatic carbocycles. The fourth-order valence-corrected chi connectivity index (χ4v) is 5.00. The summed E-state index contributed by atoms with van der Waals surface area (Å²) in [7, 11) is 0. The van der Waals surface area contributed by atoms with E-state index < -0.39 is 0 Å². The Morgan fingerprint density at radius 1 is 1.17 bits per heavy atom. The number of carbonyl (C=O) groups is 1. The number of aromatic nitrogens is 3. The largest absolute Gasteiger partial charge is 0.349 e. The Kier molecular flexibility index (Phi) is 5.49. The molecule has 1 amide bonds. The predicted molar refractivity (Wildman–Crippen MR) is 117 cm³/mol. The second kappa shape index (κ2) is 8.56. The third-order valence-corrected chi connectivity index (χ3v) is 6.81. The smallest absolute Gasteiger partial charge is 0.252 e. The second-order valence-electron chi connectivity index (χ2n) is 8.76. The van der Waals surface area contributed by atoms with Crippen LogP contribution in [0, 0.1) is 5.92 Å². The van der Waals surface area contributed by atoms with E-state index in [4.69, 9.17) is 0 Å². The molecule has 6 nitrogen and oxygen atoms in total. The molecule has 6 heteroatoms. The normalized spacial score (nSPS) is 22.0. The third-order valence-electron chi connectivity index (χ3n) is 6.81. The molecule has 2 aliphatic rings. The van der Waals surface area contributed by atoms with Crippen molar-refractivity contribution in [3.8, 4) is 0 Å². The first-order chi connectivity index (χ1) is 14.8. The minimum Gasteiger partial charge on any atom is -0.349 e. The molecule has 0 unspecified atom stereocenters. The van der Waals surface area contributed by atoms with E-state index in [1.807, 2.05) is 36.5 Å². The van der Waals surface area contributed by atoms with Crippen molar-refractivity contribution < 1.29 is 4.79 Å². The summed E-state index contributed by atoms with van der Waals surface area (Å²) in [5, 5.41) is 11.5. The fourth-order valence-electron chi connectivity index (χ4n) is 5.00. The zero-order valence-corrected chi connectivity index (χ0v) is 17.3. The number of benzene rings is 1. The van der Waals surface area contributed by atoms with Gasteiger partial charge in [0.05, 0.1) is 11.7 Å². The number of carbonyl (C=O) groups excluding carboxylic acids is 1. The summed E-state index contributed by atoms with van der Waals surface area (Å²) in [6.45, 7) is 3.31. The summed E-state index contributed by atoms with van der Waals surface area (Å²) >= 11 is 0. The van der Waals surface area contributed by atoms with E-state index >= 15 is 0 Å². The molecular weight excluding hydrogens is 374 g/mol. The summed E-state index contributed by atoms with van der Waals surface area (Å²) in [6, 6.07) is 9.90. The number of hydrogen-bond donors (Lipinski definition) is 2. The maximum absolute atomic E-state index is 12.9. The number of H-pyrrole nitrogens is 1. The summed E-state index contributed by atoms with van der Waals surface area (Å²) < 4.78 is 0. The number of nitrogens with one attached hydrogen (secondary N) is 2. The van der Waals surface area contributed by atoms with Crippen LogP contribution in [0.3, 0.4) is 0 Å². The minimum atomic E-state index is 0.0290. The van der Waals surface area contributed by atoms with E-state index in [2.05, 4.69) is 25.4 Å². The van der Waals surface area contributed by atoms with E-state index in [1.165, 1.54) is 30.5 Å². The van der Waals surface area contributed by atoms with Gasteiger partial charge in [-0.15, -0.1) is 0 Å². The van der Waals surface area contributed by atoms with E-state index in [0.717, 1.165) is 61.3 Å². The molecule has 0 bridgehead atoms. The Morgan fingerprint density at radius 3 is 2.97 bits per heavy atom. The van der Waals surface area contributed by atoms with Crippen LogP contribution in [0.4, 0.5) is 0 Å². The Labute approximate surface area is 177 Å². The van der Waals surface area contributed by atoms with Crippen molar-refractivity contribution in [2.45, 2.75) is 51.1 Å². The number of rotatable bonds is 5. The van der Waals surface area contributed by atoms with Gasteiger partial charge in [-0.3, -0.25) is 19.8 Å². The molecule has 3 heterocycles. The predicted octanol–water partition coefficient (Wildman–Crippen LogP) is 3.69. The first kappa shape index (κ1) is 19.2. The minimum absolute atomic E-state index is 0.0290. The molecule has 2 aromatic heterocycles. The van der Waals surface area contributed by atoms with Crippen molar-refractivity contribution in [3.05, 3.63) is 59.5 Å². The first-order valence-corrected chi connectivity index (χ1v) is 11.1. The average molecular weight is 404 g/mol. The van der Waals surface area contributed by atoms with Gasteiger partial charge >= 0.3 is 0 Å². The van der Waals surface area contributed by atoms with Gasteiger partial charge in [-0.1, -0.05) is 12.1 Å². The highest BCUT2D eigenvalue weighted by Gasteiger charge is 2.25. The lowest BCUT2D eigenvalue weighted by Gasteiger charge is -2.32. The van der Waals surface area contributed by atoms with Crippen molar-refractivity contribution in [2.75, 3.05) is 13.1 Å². The van der Waals surface area contributed by atoms with Crippen molar-refractivity contribution >= 4 is 16.8 Å². The molecule has 1 saturated carbocycles. The number of aromatic amines is 1. The van der Waals surface area contributed by atoms with Gasteiger partial charge < -0.3 is 5.32 Å². The van der Waals surface area contributed by atoms with Crippen LogP contribution < -0.4 is 5.32 Å². The monoisotopic (exact) mass is 403 g/mol. The number of pyridine rings is 1. The molecule has 1 fully saturated rings. The Bertz CT molecular complexity index is 1020. The van der Waals surface area contributed by atoms with Crippen LogP contribution >= 0.6 is 0 Å². The third kappa shape index (κ3) is 4.10. The topological polar surface area (TPSA) is 73.9 Å². The van der Waals surface area contributed by atoms with Gasteiger partial charge in [-0.05, 0) is 62.8 Å². The van der Waals surface area contributed by atoms with E-state index in [9.17, 15) is 4.79 Å². The number of hydrogen-bond acceptors (Lipinski definition) is 4. The quantitative estimate of drug-likeness (QED) is 0.681. The average Bonchev–Trinajstić information content (AvgIpc) is 3.26. The van der Waals surface area contributed by atoms with Gasteiger partial charge in [-0.2, -0.15) is 5.10 Å². The highest BCUT2D eigenvalue weighted by molar-refractivity contribution is 6.06. The van der Waals surface area contributed by atoms with Gasteiger partial charge in [0.1, 0.15) is 0 Å². The molecule has 156 valence electrons. The summed E-state index contributed by atoms with van der Waals surface area (Å²) in [5.74, 6) is 0.798. The van der Waals surface area contributed by atoms with Gasteiger partial charge in [0.15, 0.2) is 0 Å². The number of amides is 1. The standard InChI is InChI=1S/C24H29N5O/c30-24(21-3-1-5-23-20(21)4-2-12-25-23)27-19-8-6-17(7-9-19)10-13-29-14-11-22-18(16-29)15-26-28-22/h1-5,12,15,17,19H,6-11,13-14,16H2,(H,26,28)(H,27,30)/t17-,19-.